The van der Waals surface area contributed by atoms with E-state index in [0.29, 0.717) is 26.1 Å². The predicted molar refractivity (Wildman–Crippen MR) is 76.8 cm³/mol. The predicted octanol–water partition coefficient (Wildman–Crippen LogP) is 1.84. The summed E-state index contributed by atoms with van der Waals surface area (Å²) in [6.45, 7) is 1.30. The van der Waals surface area contributed by atoms with Crippen LogP contribution in [0.25, 0.3) is 0 Å². The van der Waals surface area contributed by atoms with Gasteiger partial charge in [-0.25, -0.2) is 0 Å². The molecule has 0 saturated carbocycles. The van der Waals surface area contributed by atoms with E-state index in [1.165, 1.54) is 0 Å². The second kappa shape index (κ2) is 7.54. The van der Waals surface area contributed by atoms with Crippen molar-refractivity contribution < 1.29 is 24.5 Å². The van der Waals surface area contributed by atoms with Crippen LogP contribution >= 0.6 is 0 Å². The molecule has 0 amide bonds. The minimum atomic E-state index is -0.978. The van der Waals surface area contributed by atoms with E-state index >= 15 is 0 Å². The first-order valence-corrected chi connectivity index (χ1v) is 7.23. The minimum Gasteiger partial charge on any atom is -0.481 e. The number of aliphatic hydroxyl groups excluding tert-OH is 1. The van der Waals surface area contributed by atoms with Crippen molar-refractivity contribution in [1.82, 2.24) is 0 Å². The highest BCUT2D eigenvalue weighted by Crippen LogP contribution is 2.34. The van der Waals surface area contributed by atoms with Crippen LogP contribution in [-0.2, 0) is 20.9 Å². The van der Waals surface area contributed by atoms with E-state index in [9.17, 15) is 15.0 Å². The maximum atomic E-state index is 11.5. The summed E-state index contributed by atoms with van der Waals surface area (Å²) >= 11 is 0. The van der Waals surface area contributed by atoms with Gasteiger partial charge in [0.1, 0.15) is 0 Å². The largest absolute Gasteiger partial charge is 0.481 e. The summed E-state index contributed by atoms with van der Waals surface area (Å²) in [7, 11) is 0. The Labute approximate surface area is 124 Å². The molecule has 1 saturated heterocycles. The van der Waals surface area contributed by atoms with Crippen molar-refractivity contribution in [1.29, 1.82) is 0 Å². The van der Waals surface area contributed by atoms with Crippen molar-refractivity contribution in [3.8, 4) is 0 Å². The van der Waals surface area contributed by atoms with Crippen LogP contribution in [0.1, 0.15) is 24.8 Å². The van der Waals surface area contributed by atoms with Gasteiger partial charge in [0.25, 0.3) is 0 Å². The summed E-state index contributed by atoms with van der Waals surface area (Å²) in [5.41, 5.74) is 0.0481. The van der Waals surface area contributed by atoms with Gasteiger partial charge in [-0.05, 0) is 24.8 Å². The highest BCUT2D eigenvalue weighted by Gasteiger charge is 2.42. The van der Waals surface area contributed by atoms with E-state index < -0.39 is 17.5 Å². The summed E-state index contributed by atoms with van der Waals surface area (Å²) in [5, 5.41) is 19.5. The summed E-state index contributed by atoms with van der Waals surface area (Å²) in [5.74, 6) is -0.899. The molecule has 1 aliphatic heterocycles. The molecule has 1 heterocycles. The maximum absolute atomic E-state index is 11.5. The van der Waals surface area contributed by atoms with Crippen molar-refractivity contribution >= 4 is 5.97 Å². The fourth-order valence-corrected chi connectivity index (χ4v) is 2.67. The van der Waals surface area contributed by atoms with Gasteiger partial charge in [-0.2, -0.15) is 0 Å². The Kier molecular flexibility index (Phi) is 5.73. The van der Waals surface area contributed by atoms with Gasteiger partial charge in [0.2, 0.25) is 0 Å². The van der Waals surface area contributed by atoms with E-state index in [1.807, 2.05) is 30.3 Å². The molecule has 0 bridgehead atoms. The number of hydrogen-bond donors (Lipinski definition) is 2. The fraction of sp³-hybridized carbons (Fsp3) is 0.562. The molecule has 2 atom stereocenters. The number of hydrogen-bond acceptors (Lipinski definition) is 4. The quantitative estimate of drug-likeness (QED) is 0.802. The standard InChI is InChI=1S/C16H22O5/c17-14(11-21-10-13-5-2-1-3-6-13)9-16(15(18)19)7-4-8-20-12-16/h1-3,5-6,14,17H,4,7-12H2,(H,18,19). The average molecular weight is 294 g/mol. The van der Waals surface area contributed by atoms with Crippen LogP contribution in [-0.4, -0.2) is 42.1 Å². The molecule has 0 aliphatic carbocycles. The molecule has 1 fully saturated rings. The molecule has 5 heteroatoms. The van der Waals surface area contributed by atoms with Gasteiger partial charge in [0, 0.05) is 6.61 Å². The van der Waals surface area contributed by atoms with Crippen LogP contribution in [0.3, 0.4) is 0 Å². The molecule has 2 unspecified atom stereocenters. The first kappa shape index (κ1) is 15.9. The number of rotatable bonds is 7. The first-order chi connectivity index (χ1) is 10.1. The van der Waals surface area contributed by atoms with Crippen molar-refractivity contribution in [2.45, 2.75) is 32.0 Å². The molecular weight excluding hydrogens is 272 g/mol. The van der Waals surface area contributed by atoms with Crippen LogP contribution in [0.4, 0.5) is 0 Å². The number of carboxylic acids is 1. The Morgan fingerprint density at radius 1 is 1.38 bits per heavy atom. The number of ether oxygens (including phenoxy) is 2. The van der Waals surface area contributed by atoms with Crippen LogP contribution in [0.15, 0.2) is 30.3 Å². The lowest BCUT2D eigenvalue weighted by atomic mass is 9.78. The fourth-order valence-electron chi connectivity index (χ4n) is 2.67. The molecule has 2 rings (SSSR count). The number of benzene rings is 1. The van der Waals surface area contributed by atoms with Crippen molar-refractivity contribution in [3.63, 3.8) is 0 Å². The van der Waals surface area contributed by atoms with Crippen molar-refractivity contribution in [3.05, 3.63) is 35.9 Å². The zero-order valence-corrected chi connectivity index (χ0v) is 12.0. The Hall–Kier alpha value is -1.43. The highest BCUT2D eigenvalue weighted by molar-refractivity contribution is 5.75. The molecular formula is C16H22O5. The molecule has 21 heavy (non-hydrogen) atoms. The summed E-state index contributed by atoms with van der Waals surface area (Å²) in [6, 6.07) is 9.67. The van der Waals surface area contributed by atoms with Gasteiger partial charge in [0.15, 0.2) is 0 Å². The summed E-state index contributed by atoms with van der Waals surface area (Å²) < 4.78 is 10.8. The first-order valence-electron chi connectivity index (χ1n) is 7.23. The maximum Gasteiger partial charge on any atom is 0.312 e. The zero-order valence-electron chi connectivity index (χ0n) is 12.0. The monoisotopic (exact) mass is 294 g/mol. The van der Waals surface area contributed by atoms with Gasteiger partial charge >= 0.3 is 5.97 Å². The van der Waals surface area contributed by atoms with Gasteiger partial charge < -0.3 is 19.7 Å². The van der Waals surface area contributed by atoms with Gasteiger partial charge in [-0.3, -0.25) is 4.79 Å². The number of aliphatic carboxylic acids is 1. The number of carbonyl (C=O) groups is 1. The molecule has 0 radical (unpaired) electrons. The average Bonchev–Trinajstić information content (AvgIpc) is 2.49. The molecule has 5 nitrogen and oxygen atoms in total. The Morgan fingerprint density at radius 3 is 2.76 bits per heavy atom. The molecule has 0 spiro atoms. The van der Waals surface area contributed by atoms with Gasteiger partial charge in [0.05, 0.1) is 31.3 Å². The van der Waals surface area contributed by atoms with Crippen LogP contribution in [0, 0.1) is 5.41 Å². The van der Waals surface area contributed by atoms with E-state index in [0.717, 1.165) is 5.56 Å². The smallest absolute Gasteiger partial charge is 0.312 e. The van der Waals surface area contributed by atoms with Crippen LogP contribution < -0.4 is 0 Å². The third-order valence-corrected chi connectivity index (χ3v) is 3.82. The lowest BCUT2D eigenvalue weighted by molar-refractivity contribution is -0.161. The summed E-state index contributed by atoms with van der Waals surface area (Å²) in [4.78, 5) is 11.5. The van der Waals surface area contributed by atoms with Crippen LogP contribution in [0.2, 0.25) is 0 Å². The zero-order chi connectivity index (χ0) is 15.1. The lowest BCUT2D eigenvalue weighted by Crippen LogP contribution is -2.42. The van der Waals surface area contributed by atoms with E-state index in [2.05, 4.69) is 0 Å². The second-order valence-electron chi connectivity index (χ2n) is 5.60. The van der Waals surface area contributed by atoms with E-state index in [1.54, 1.807) is 0 Å². The molecule has 1 aliphatic rings. The van der Waals surface area contributed by atoms with Crippen molar-refractivity contribution in [2.24, 2.45) is 5.41 Å². The van der Waals surface area contributed by atoms with Gasteiger partial charge in [-0.15, -0.1) is 0 Å². The molecule has 2 N–H and O–H groups in total. The summed E-state index contributed by atoms with van der Waals surface area (Å²) in [6.07, 6.45) is 0.616. The highest BCUT2D eigenvalue weighted by atomic mass is 16.5. The van der Waals surface area contributed by atoms with E-state index in [-0.39, 0.29) is 19.6 Å². The topological polar surface area (TPSA) is 76.0 Å². The minimum absolute atomic E-state index is 0.129. The Morgan fingerprint density at radius 2 is 2.14 bits per heavy atom. The SMILES string of the molecule is O=C(O)C1(CC(O)COCc2ccccc2)CCCOC1. The molecule has 116 valence electrons. The Bertz CT molecular complexity index is 439. The number of carboxylic acid groups (broad SMARTS) is 1. The number of aliphatic hydroxyl groups is 1. The molecule has 0 aromatic heterocycles. The lowest BCUT2D eigenvalue weighted by Gasteiger charge is -2.34. The third-order valence-electron chi connectivity index (χ3n) is 3.82. The van der Waals surface area contributed by atoms with Crippen LogP contribution in [0.5, 0.6) is 0 Å². The van der Waals surface area contributed by atoms with E-state index in [4.69, 9.17) is 9.47 Å². The van der Waals surface area contributed by atoms with Crippen molar-refractivity contribution in [2.75, 3.05) is 19.8 Å². The third kappa shape index (κ3) is 4.52. The molecule has 1 aromatic carbocycles. The second-order valence-corrected chi connectivity index (χ2v) is 5.60. The normalized spacial score (nSPS) is 23.7. The Balaban J connectivity index is 1.80. The molecule has 1 aromatic rings. The van der Waals surface area contributed by atoms with Gasteiger partial charge in [-0.1, -0.05) is 30.3 Å².